The molecule has 0 aliphatic carbocycles. The fourth-order valence-electron chi connectivity index (χ4n) is 3.17. The van der Waals surface area contributed by atoms with Crippen LogP contribution in [0.5, 0.6) is 0 Å². The summed E-state index contributed by atoms with van der Waals surface area (Å²) in [5, 5.41) is 5.85. The minimum atomic E-state index is -3.57. The van der Waals surface area contributed by atoms with E-state index in [1.165, 1.54) is 4.31 Å². The lowest BCUT2D eigenvalue weighted by Crippen LogP contribution is -2.31. The van der Waals surface area contributed by atoms with E-state index < -0.39 is 10.0 Å². The molecule has 0 bridgehead atoms. The first-order chi connectivity index (χ1) is 12.4. The number of nitrogens with one attached hydrogen (secondary N) is 2. The van der Waals surface area contributed by atoms with Crippen molar-refractivity contribution in [1.29, 1.82) is 0 Å². The number of carbonyl (C=O) groups excluding carboxylic acids is 1. The highest BCUT2D eigenvalue weighted by Crippen LogP contribution is 2.32. The minimum Gasteiger partial charge on any atom is -0.370 e. The summed E-state index contributed by atoms with van der Waals surface area (Å²) in [6, 6.07) is 5.05. The predicted molar refractivity (Wildman–Crippen MR) is 112 cm³/mol. The summed E-state index contributed by atoms with van der Waals surface area (Å²) >= 11 is 0. The third-order valence-electron chi connectivity index (χ3n) is 4.63. The highest BCUT2D eigenvalue weighted by atomic mass is 35.5. The van der Waals surface area contributed by atoms with E-state index in [2.05, 4.69) is 15.5 Å². The molecule has 0 unspecified atom stereocenters. The van der Waals surface area contributed by atoms with Crippen LogP contribution in [0.2, 0.25) is 0 Å². The Kier molecular flexibility index (Phi) is 9.52. The molecule has 1 heterocycles. The summed E-state index contributed by atoms with van der Waals surface area (Å²) in [4.78, 5) is 14.6. The van der Waals surface area contributed by atoms with Crippen molar-refractivity contribution in [3.05, 3.63) is 18.2 Å². The molecule has 1 aliphatic rings. The smallest absolute Gasteiger partial charge is 0.243 e. The van der Waals surface area contributed by atoms with E-state index in [-0.39, 0.29) is 23.2 Å². The van der Waals surface area contributed by atoms with Crippen molar-refractivity contribution in [3.8, 4) is 0 Å². The zero-order chi connectivity index (χ0) is 19.2. The Labute approximate surface area is 168 Å². The maximum atomic E-state index is 12.8. The SMILES string of the molecule is CCN(CC)S(=O)(=O)c1ccc(N2CCCC2)c(NC(=O)CCNC)c1.Cl. The van der Waals surface area contributed by atoms with Gasteiger partial charge in [-0.3, -0.25) is 4.79 Å². The van der Waals surface area contributed by atoms with E-state index >= 15 is 0 Å². The summed E-state index contributed by atoms with van der Waals surface area (Å²) in [6.45, 7) is 6.87. The van der Waals surface area contributed by atoms with E-state index in [4.69, 9.17) is 0 Å². The van der Waals surface area contributed by atoms with Gasteiger partial charge in [0.1, 0.15) is 0 Å². The number of halogens is 1. The Hall–Kier alpha value is -1.35. The number of nitrogens with zero attached hydrogens (tertiary/aromatic N) is 2. The molecule has 2 rings (SSSR count). The van der Waals surface area contributed by atoms with Crippen LogP contribution in [0.1, 0.15) is 33.1 Å². The molecule has 7 nitrogen and oxygen atoms in total. The van der Waals surface area contributed by atoms with Gasteiger partial charge in [0, 0.05) is 39.1 Å². The molecule has 27 heavy (non-hydrogen) atoms. The summed E-state index contributed by atoms with van der Waals surface area (Å²) in [5.74, 6) is -0.128. The number of anilines is 2. The van der Waals surface area contributed by atoms with Crippen LogP contribution in [0.25, 0.3) is 0 Å². The zero-order valence-electron chi connectivity index (χ0n) is 16.3. The summed E-state index contributed by atoms with van der Waals surface area (Å²) in [5.41, 5.74) is 1.46. The Morgan fingerprint density at radius 3 is 2.37 bits per heavy atom. The second-order valence-corrected chi connectivity index (χ2v) is 8.30. The average molecular weight is 419 g/mol. The fraction of sp³-hybridized carbons (Fsp3) is 0.611. The van der Waals surface area contributed by atoms with Crippen LogP contribution < -0.4 is 15.5 Å². The van der Waals surface area contributed by atoms with Crippen molar-refractivity contribution in [3.63, 3.8) is 0 Å². The van der Waals surface area contributed by atoms with Gasteiger partial charge in [0.15, 0.2) is 0 Å². The fourth-order valence-corrected chi connectivity index (χ4v) is 4.66. The van der Waals surface area contributed by atoms with Crippen LogP contribution >= 0.6 is 12.4 Å². The monoisotopic (exact) mass is 418 g/mol. The van der Waals surface area contributed by atoms with Gasteiger partial charge < -0.3 is 15.5 Å². The molecule has 1 saturated heterocycles. The van der Waals surface area contributed by atoms with Crippen LogP contribution in [-0.2, 0) is 14.8 Å². The molecule has 0 atom stereocenters. The number of amides is 1. The topological polar surface area (TPSA) is 81.8 Å². The van der Waals surface area contributed by atoms with Gasteiger partial charge in [0.05, 0.1) is 16.3 Å². The molecule has 1 fully saturated rings. The molecule has 1 aromatic rings. The molecule has 0 spiro atoms. The third-order valence-corrected chi connectivity index (χ3v) is 6.68. The minimum absolute atomic E-state index is 0. The van der Waals surface area contributed by atoms with Gasteiger partial charge in [-0.25, -0.2) is 8.42 Å². The average Bonchev–Trinajstić information content (AvgIpc) is 3.15. The number of carbonyl (C=O) groups is 1. The van der Waals surface area contributed by atoms with Crippen molar-refractivity contribution in [1.82, 2.24) is 9.62 Å². The van der Waals surface area contributed by atoms with Crippen molar-refractivity contribution in [2.75, 3.05) is 50.0 Å². The van der Waals surface area contributed by atoms with Gasteiger partial charge in [0.25, 0.3) is 0 Å². The predicted octanol–water partition coefficient (Wildman–Crippen LogP) is 2.29. The van der Waals surface area contributed by atoms with E-state index in [9.17, 15) is 13.2 Å². The molecule has 0 radical (unpaired) electrons. The first kappa shape index (κ1) is 23.7. The van der Waals surface area contributed by atoms with Crippen molar-refractivity contribution in [2.24, 2.45) is 0 Å². The van der Waals surface area contributed by atoms with Crippen LogP contribution in [-0.4, -0.2) is 58.4 Å². The number of hydrogen-bond donors (Lipinski definition) is 2. The van der Waals surface area contributed by atoms with E-state index in [0.29, 0.717) is 31.7 Å². The summed E-state index contributed by atoms with van der Waals surface area (Å²) < 4.78 is 27.1. The lowest BCUT2D eigenvalue weighted by Gasteiger charge is -2.24. The standard InChI is InChI=1S/C18H30N4O3S.ClH/c1-4-22(5-2)26(24,25)15-8-9-17(21-12-6-7-13-21)16(14-15)20-18(23)10-11-19-3;/h8-9,14,19H,4-7,10-13H2,1-3H3,(H,20,23);1H. The van der Waals surface area contributed by atoms with Crippen LogP contribution in [0.3, 0.4) is 0 Å². The van der Waals surface area contributed by atoms with E-state index in [1.807, 2.05) is 19.9 Å². The zero-order valence-corrected chi connectivity index (χ0v) is 18.0. The first-order valence-corrected chi connectivity index (χ1v) is 10.7. The molecule has 0 aromatic heterocycles. The Bertz CT molecular complexity index is 717. The van der Waals surface area contributed by atoms with Crippen molar-refractivity contribution >= 4 is 39.7 Å². The largest absolute Gasteiger partial charge is 0.370 e. The lowest BCUT2D eigenvalue weighted by atomic mass is 10.2. The number of rotatable bonds is 9. The number of sulfonamides is 1. The van der Waals surface area contributed by atoms with Crippen LogP contribution in [0.4, 0.5) is 11.4 Å². The molecule has 2 N–H and O–H groups in total. The first-order valence-electron chi connectivity index (χ1n) is 9.27. The molecule has 1 aliphatic heterocycles. The number of benzene rings is 1. The molecule has 0 saturated carbocycles. The van der Waals surface area contributed by atoms with Gasteiger partial charge in [-0.2, -0.15) is 4.31 Å². The second-order valence-electron chi connectivity index (χ2n) is 6.36. The lowest BCUT2D eigenvalue weighted by molar-refractivity contribution is -0.116. The maximum absolute atomic E-state index is 12.8. The normalized spacial score (nSPS) is 14.3. The van der Waals surface area contributed by atoms with Gasteiger partial charge in [-0.1, -0.05) is 13.8 Å². The quantitative estimate of drug-likeness (QED) is 0.643. The van der Waals surface area contributed by atoms with Crippen LogP contribution in [0.15, 0.2) is 23.1 Å². The highest BCUT2D eigenvalue weighted by molar-refractivity contribution is 7.89. The molecule has 1 aromatic carbocycles. The summed E-state index contributed by atoms with van der Waals surface area (Å²) in [7, 11) is -1.77. The molecular weight excluding hydrogens is 388 g/mol. The highest BCUT2D eigenvalue weighted by Gasteiger charge is 2.24. The molecule has 1 amide bonds. The van der Waals surface area contributed by atoms with E-state index in [0.717, 1.165) is 31.6 Å². The van der Waals surface area contributed by atoms with E-state index in [1.54, 1.807) is 19.2 Å². The molecule has 9 heteroatoms. The Morgan fingerprint density at radius 1 is 1.19 bits per heavy atom. The van der Waals surface area contributed by atoms with Crippen molar-refractivity contribution < 1.29 is 13.2 Å². The van der Waals surface area contributed by atoms with Crippen LogP contribution in [0, 0.1) is 0 Å². The molecule has 154 valence electrons. The summed E-state index contributed by atoms with van der Waals surface area (Å²) in [6.07, 6.45) is 2.54. The van der Waals surface area contributed by atoms with Gasteiger partial charge in [0.2, 0.25) is 15.9 Å². The maximum Gasteiger partial charge on any atom is 0.243 e. The van der Waals surface area contributed by atoms with Gasteiger partial charge in [-0.05, 0) is 38.1 Å². The van der Waals surface area contributed by atoms with Gasteiger partial charge in [-0.15, -0.1) is 12.4 Å². The third kappa shape index (κ3) is 5.81. The Morgan fingerprint density at radius 2 is 1.81 bits per heavy atom. The van der Waals surface area contributed by atoms with Crippen molar-refractivity contribution in [2.45, 2.75) is 38.0 Å². The second kappa shape index (κ2) is 10.8. The van der Waals surface area contributed by atoms with Gasteiger partial charge >= 0.3 is 0 Å². The molecular formula is C18H31ClN4O3S. The number of hydrogen-bond acceptors (Lipinski definition) is 5. The Balaban J connectivity index is 0.00000364.